The van der Waals surface area contributed by atoms with Crippen LogP contribution in [0.3, 0.4) is 0 Å². The summed E-state index contributed by atoms with van der Waals surface area (Å²) in [6.07, 6.45) is 2.52. The number of nitrogens with zero attached hydrogens (tertiary/aromatic N) is 4. The molecule has 27 heavy (non-hydrogen) atoms. The molecule has 0 spiro atoms. The number of aromatic nitrogens is 3. The first-order valence-corrected chi connectivity index (χ1v) is 7.76. The quantitative estimate of drug-likeness (QED) is 0.547. The van der Waals surface area contributed by atoms with Crippen LogP contribution in [0.2, 0.25) is 0 Å². The van der Waals surface area contributed by atoms with Gasteiger partial charge in [-0.05, 0) is 25.1 Å². The molecule has 1 amide bonds. The minimum Gasteiger partial charge on any atom is -0.345 e. The van der Waals surface area contributed by atoms with E-state index in [-0.39, 0.29) is 22.5 Å². The summed E-state index contributed by atoms with van der Waals surface area (Å²) in [6, 6.07) is 6.10. The van der Waals surface area contributed by atoms with E-state index in [4.69, 9.17) is 0 Å². The Kier molecular flexibility index (Phi) is 4.88. The molecule has 8 nitrogen and oxygen atoms in total. The number of nitro groups is 1. The molecule has 0 aliphatic rings. The Bertz CT molecular complexity index is 1010. The lowest BCUT2D eigenvalue weighted by atomic mass is 10.1. The molecule has 1 atom stereocenters. The van der Waals surface area contributed by atoms with Crippen molar-refractivity contribution >= 4 is 11.6 Å². The zero-order valence-corrected chi connectivity index (χ0v) is 14.0. The molecule has 0 aliphatic heterocycles. The Morgan fingerprint density at radius 1 is 1.26 bits per heavy atom. The highest BCUT2D eigenvalue weighted by Crippen LogP contribution is 2.24. The Morgan fingerprint density at radius 3 is 2.67 bits per heavy atom. The summed E-state index contributed by atoms with van der Waals surface area (Å²) >= 11 is 0. The summed E-state index contributed by atoms with van der Waals surface area (Å²) in [5.74, 6) is -2.16. The maximum Gasteiger partial charge on any atom is 0.295 e. The highest BCUT2D eigenvalue weighted by molar-refractivity contribution is 5.95. The highest BCUT2D eigenvalue weighted by atomic mass is 19.1. The van der Waals surface area contributed by atoms with E-state index in [9.17, 15) is 23.7 Å². The van der Waals surface area contributed by atoms with Gasteiger partial charge in [-0.1, -0.05) is 6.07 Å². The molecule has 0 radical (unpaired) electrons. The van der Waals surface area contributed by atoms with Crippen LogP contribution in [0.5, 0.6) is 0 Å². The van der Waals surface area contributed by atoms with E-state index < -0.39 is 28.5 Å². The fraction of sp³-hybridized carbons (Fsp3) is 0.118. The number of nitro benzene ring substituents is 1. The molecule has 0 unspecified atom stereocenters. The molecule has 1 heterocycles. The number of rotatable bonds is 5. The van der Waals surface area contributed by atoms with Crippen LogP contribution in [0, 0.1) is 21.7 Å². The third kappa shape index (κ3) is 3.78. The summed E-state index contributed by atoms with van der Waals surface area (Å²) in [5, 5.41) is 17.7. The maximum absolute atomic E-state index is 13.8. The molecule has 3 rings (SSSR count). The van der Waals surface area contributed by atoms with Gasteiger partial charge in [-0.25, -0.2) is 18.4 Å². The second-order valence-corrected chi connectivity index (χ2v) is 5.66. The number of amides is 1. The third-order valence-electron chi connectivity index (χ3n) is 3.88. The summed E-state index contributed by atoms with van der Waals surface area (Å²) in [4.78, 5) is 26.8. The van der Waals surface area contributed by atoms with Crippen molar-refractivity contribution in [3.05, 3.63) is 81.9 Å². The van der Waals surface area contributed by atoms with E-state index >= 15 is 0 Å². The van der Waals surface area contributed by atoms with Gasteiger partial charge < -0.3 is 5.32 Å². The van der Waals surface area contributed by atoms with E-state index in [0.717, 1.165) is 18.2 Å². The predicted octanol–water partition coefficient (Wildman–Crippen LogP) is 2.94. The van der Waals surface area contributed by atoms with E-state index in [1.165, 1.54) is 42.5 Å². The monoisotopic (exact) mass is 373 g/mol. The summed E-state index contributed by atoms with van der Waals surface area (Å²) in [6.45, 7) is 1.52. The van der Waals surface area contributed by atoms with Gasteiger partial charge in [-0.3, -0.25) is 14.9 Å². The topological polar surface area (TPSA) is 103 Å². The maximum atomic E-state index is 13.8. The minimum atomic E-state index is -0.796. The molecule has 3 aromatic rings. The van der Waals surface area contributed by atoms with Gasteiger partial charge in [-0.2, -0.15) is 5.10 Å². The molecule has 0 saturated heterocycles. The van der Waals surface area contributed by atoms with Crippen molar-refractivity contribution in [3.8, 4) is 5.69 Å². The van der Waals surface area contributed by atoms with Gasteiger partial charge in [-0.15, -0.1) is 0 Å². The Morgan fingerprint density at radius 2 is 2.04 bits per heavy atom. The molecule has 0 aliphatic carbocycles. The number of benzene rings is 2. The first-order chi connectivity index (χ1) is 12.9. The largest absolute Gasteiger partial charge is 0.345 e. The number of hydrogen-bond donors (Lipinski definition) is 1. The van der Waals surface area contributed by atoms with Crippen molar-refractivity contribution in [3.63, 3.8) is 0 Å². The van der Waals surface area contributed by atoms with Gasteiger partial charge in [0.2, 0.25) is 0 Å². The lowest BCUT2D eigenvalue weighted by Gasteiger charge is -2.15. The zero-order chi connectivity index (χ0) is 19.6. The number of halogens is 2. The molecule has 10 heteroatoms. The van der Waals surface area contributed by atoms with Gasteiger partial charge in [0.1, 0.15) is 30.0 Å². The van der Waals surface area contributed by atoms with Crippen molar-refractivity contribution in [2.45, 2.75) is 13.0 Å². The molecule has 0 saturated carbocycles. The standard InChI is InChI=1S/C17H13F2N5O3/c1-10(13-4-3-12(18)7-14(13)19)22-17(25)11-2-5-15(16(6-11)24(26)27)23-9-20-8-21-23/h2-10H,1H3,(H,22,25)/t10-/m1/s1. The Hall–Kier alpha value is -3.69. The molecule has 0 fully saturated rings. The van der Waals surface area contributed by atoms with Crippen LogP contribution in [-0.2, 0) is 0 Å². The smallest absolute Gasteiger partial charge is 0.295 e. The minimum absolute atomic E-state index is 0.0138. The van der Waals surface area contributed by atoms with Gasteiger partial charge >= 0.3 is 0 Å². The molecule has 0 bridgehead atoms. The Labute approximate surface area is 151 Å². The van der Waals surface area contributed by atoms with E-state index in [2.05, 4.69) is 15.4 Å². The van der Waals surface area contributed by atoms with Crippen molar-refractivity contribution in [1.82, 2.24) is 20.1 Å². The molecule has 1 aromatic heterocycles. The summed E-state index contributed by atoms with van der Waals surface area (Å²) in [7, 11) is 0. The molecule has 1 N–H and O–H groups in total. The van der Waals surface area contributed by atoms with Crippen molar-refractivity contribution in [1.29, 1.82) is 0 Å². The number of carbonyl (C=O) groups excluding carboxylic acids is 1. The average Bonchev–Trinajstić information content (AvgIpc) is 3.15. The fourth-order valence-electron chi connectivity index (χ4n) is 2.55. The second kappa shape index (κ2) is 7.28. The van der Waals surface area contributed by atoms with Crippen molar-refractivity contribution in [2.75, 3.05) is 0 Å². The second-order valence-electron chi connectivity index (χ2n) is 5.66. The van der Waals surface area contributed by atoms with E-state index in [1.54, 1.807) is 0 Å². The van der Waals surface area contributed by atoms with Crippen LogP contribution in [0.25, 0.3) is 5.69 Å². The third-order valence-corrected chi connectivity index (χ3v) is 3.88. The number of hydrogen-bond acceptors (Lipinski definition) is 5. The lowest BCUT2D eigenvalue weighted by Crippen LogP contribution is -2.27. The zero-order valence-electron chi connectivity index (χ0n) is 14.0. The van der Waals surface area contributed by atoms with Crippen LogP contribution in [0.4, 0.5) is 14.5 Å². The van der Waals surface area contributed by atoms with Crippen LogP contribution < -0.4 is 5.32 Å². The highest BCUT2D eigenvalue weighted by Gasteiger charge is 2.21. The van der Waals surface area contributed by atoms with Crippen LogP contribution in [-0.4, -0.2) is 25.6 Å². The predicted molar refractivity (Wildman–Crippen MR) is 90.3 cm³/mol. The summed E-state index contributed by atoms with van der Waals surface area (Å²) < 4.78 is 28.1. The Balaban J connectivity index is 1.86. The van der Waals surface area contributed by atoms with Crippen LogP contribution >= 0.6 is 0 Å². The number of nitrogens with one attached hydrogen (secondary N) is 1. The van der Waals surface area contributed by atoms with Crippen LogP contribution in [0.15, 0.2) is 49.1 Å². The summed E-state index contributed by atoms with van der Waals surface area (Å²) in [5.41, 5.74) is -0.0844. The number of carbonyl (C=O) groups is 1. The van der Waals surface area contributed by atoms with Crippen LogP contribution in [0.1, 0.15) is 28.9 Å². The lowest BCUT2D eigenvalue weighted by molar-refractivity contribution is -0.384. The van der Waals surface area contributed by atoms with Crippen molar-refractivity contribution in [2.24, 2.45) is 0 Å². The molecular weight excluding hydrogens is 360 g/mol. The molecule has 138 valence electrons. The fourth-order valence-corrected chi connectivity index (χ4v) is 2.55. The SMILES string of the molecule is C[C@@H](NC(=O)c1ccc(-n2cncn2)c([N+](=O)[O-])c1)c1ccc(F)cc1F. The van der Waals surface area contributed by atoms with Gasteiger partial charge in [0, 0.05) is 23.3 Å². The normalized spacial score (nSPS) is 11.8. The van der Waals surface area contributed by atoms with Gasteiger partial charge in [0.15, 0.2) is 0 Å². The first-order valence-electron chi connectivity index (χ1n) is 7.76. The average molecular weight is 373 g/mol. The van der Waals surface area contributed by atoms with Crippen molar-refractivity contribution < 1.29 is 18.5 Å². The molecule has 2 aromatic carbocycles. The van der Waals surface area contributed by atoms with E-state index in [1.807, 2.05) is 0 Å². The van der Waals surface area contributed by atoms with Gasteiger partial charge in [0.05, 0.1) is 11.0 Å². The molecular formula is C17H13F2N5O3. The van der Waals surface area contributed by atoms with Gasteiger partial charge in [0.25, 0.3) is 11.6 Å². The van der Waals surface area contributed by atoms with E-state index in [0.29, 0.717) is 0 Å². The first kappa shape index (κ1) is 18.1.